The average molecular weight is 237 g/mol. The Balaban J connectivity index is 3.18. The number of hydrogen-bond acceptors (Lipinski definition) is 5. The first-order valence-electron chi connectivity index (χ1n) is 5.30. The van der Waals surface area contributed by atoms with E-state index in [1.165, 1.54) is 14.2 Å². The molecule has 0 fully saturated rings. The highest BCUT2D eigenvalue weighted by Gasteiger charge is 2.15. The molecule has 17 heavy (non-hydrogen) atoms. The van der Waals surface area contributed by atoms with Gasteiger partial charge in [-0.1, -0.05) is 13.3 Å². The summed E-state index contributed by atoms with van der Waals surface area (Å²) >= 11 is 0. The first-order valence-corrected chi connectivity index (χ1v) is 5.30. The molecular weight excluding hydrogens is 222 g/mol. The van der Waals surface area contributed by atoms with Crippen molar-refractivity contribution in [3.63, 3.8) is 0 Å². The molecule has 92 valence electrons. The van der Waals surface area contributed by atoms with E-state index < -0.39 is 11.9 Å². The monoisotopic (exact) mass is 237 g/mol. The van der Waals surface area contributed by atoms with Gasteiger partial charge < -0.3 is 9.47 Å². The number of ether oxygens (including phenoxy) is 2. The fraction of sp³-hybridized carbons (Fsp3) is 0.417. The topological polar surface area (TPSA) is 65.5 Å². The normalized spacial score (nSPS) is 9.82. The molecule has 0 atom stereocenters. The predicted molar refractivity (Wildman–Crippen MR) is 60.9 cm³/mol. The third kappa shape index (κ3) is 3.27. The molecule has 0 aromatic carbocycles. The van der Waals surface area contributed by atoms with Gasteiger partial charge in [-0.05, 0) is 24.1 Å². The Labute approximate surface area is 99.8 Å². The lowest BCUT2D eigenvalue weighted by molar-refractivity contribution is 0.0585. The molecule has 1 heterocycles. The maximum atomic E-state index is 11.4. The average Bonchev–Trinajstić information content (AvgIpc) is 2.36. The van der Waals surface area contributed by atoms with Crippen molar-refractivity contribution < 1.29 is 19.1 Å². The number of methoxy groups -OCH3 is 2. The summed E-state index contributed by atoms with van der Waals surface area (Å²) in [6, 6.07) is 3.25. The van der Waals surface area contributed by atoms with Gasteiger partial charge in [0.25, 0.3) is 0 Å². The van der Waals surface area contributed by atoms with Crippen LogP contribution in [0.2, 0.25) is 0 Å². The van der Waals surface area contributed by atoms with E-state index in [1.54, 1.807) is 12.1 Å². The fourth-order valence-electron chi connectivity index (χ4n) is 1.44. The number of aryl methyl sites for hydroxylation is 1. The van der Waals surface area contributed by atoms with E-state index in [0.29, 0.717) is 0 Å². The Morgan fingerprint density at radius 3 is 1.94 bits per heavy atom. The number of pyridine rings is 1. The largest absolute Gasteiger partial charge is 0.464 e. The molecule has 0 saturated carbocycles. The van der Waals surface area contributed by atoms with E-state index in [9.17, 15) is 9.59 Å². The van der Waals surface area contributed by atoms with E-state index in [4.69, 9.17) is 0 Å². The maximum Gasteiger partial charge on any atom is 0.356 e. The molecule has 1 aromatic rings. The number of rotatable bonds is 4. The zero-order valence-electron chi connectivity index (χ0n) is 10.1. The summed E-state index contributed by atoms with van der Waals surface area (Å²) in [7, 11) is 2.54. The van der Waals surface area contributed by atoms with Gasteiger partial charge in [-0.2, -0.15) is 0 Å². The van der Waals surface area contributed by atoms with E-state index >= 15 is 0 Å². The molecular formula is C12H15NO4. The van der Waals surface area contributed by atoms with Gasteiger partial charge in [-0.15, -0.1) is 0 Å². The highest BCUT2D eigenvalue weighted by Crippen LogP contribution is 2.10. The summed E-state index contributed by atoms with van der Waals surface area (Å²) in [6.07, 6.45) is 1.67. The molecule has 0 radical (unpaired) electrons. The molecule has 1 rings (SSSR count). The number of nitrogens with zero attached hydrogens (tertiary/aromatic N) is 1. The number of esters is 2. The summed E-state index contributed by atoms with van der Waals surface area (Å²) in [6.45, 7) is 2.01. The van der Waals surface area contributed by atoms with Crippen LogP contribution in [0.5, 0.6) is 0 Å². The molecule has 0 aliphatic rings. The minimum absolute atomic E-state index is 0.124. The Kier molecular flexibility index (Phi) is 4.63. The fourth-order valence-corrected chi connectivity index (χ4v) is 1.44. The molecule has 5 heteroatoms. The Morgan fingerprint density at radius 2 is 1.59 bits per heavy atom. The van der Waals surface area contributed by atoms with Crippen molar-refractivity contribution in [3.8, 4) is 0 Å². The summed E-state index contributed by atoms with van der Waals surface area (Å²) in [4.78, 5) is 26.7. The van der Waals surface area contributed by atoms with Gasteiger partial charge in [0.1, 0.15) is 11.4 Å². The van der Waals surface area contributed by atoms with Crippen LogP contribution in [0, 0.1) is 0 Å². The van der Waals surface area contributed by atoms with Crippen LogP contribution in [0.1, 0.15) is 39.9 Å². The molecule has 1 aromatic heterocycles. The van der Waals surface area contributed by atoms with Crippen molar-refractivity contribution in [2.45, 2.75) is 19.8 Å². The SMILES string of the molecule is CCCc1cc(C(=O)OC)nc(C(=O)OC)c1. The van der Waals surface area contributed by atoms with Crippen molar-refractivity contribution >= 4 is 11.9 Å². The van der Waals surface area contributed by atoms with E-state index in [-0.39, 0.29) is 11.4 Å². The van der Waals surface area contributed by atoms with Crippen LogP contribution in [-0.4, -0.2) is 31.1 Å². The van der Waals surface area contributed by atoms with Gasteiger partial charge in [0.05, 0.1) is 14.2 Å². The summed E-state index contributed by atoms with van der Waals surface area (Å²) < 4.78 is 9.17. The zero-order chi connectivity index (χ0) is 12.8. The third-order valence-electron chi connectivity index (χ3n) is 2.21. The highest BCUT2D eigenvalue weighted by molar-refractivity contribution is 5.91. The van der Waals surface area contributed by atoms with Crippen molar-refractivity contribution in [1.82, 2.24) is 4.98 Å². The van der Waals surface area contributed by atoms with Gasteiger partial charge in [0, 0.05) is 0 Å². The van der Waals surface area contributed by atoms with E-state index in [2.05, 4.69) is 14.5 Å². The Morgan fingerprint density at radius 1 is 1.12 bits per heavy atom. The van der Waals surface area contributed by atoms with Gasteiger partial charge >= 0.3 is 11.9 Å². The van der Waals surface area contributed by atoms with Crippen LogP contribution in [-0.2, 0) is 15.9 Å². The Hall–Kier alpha value is -1.91. The number of carbonyl (C=O) groups is 2. The van der Waals surface area contributed by atoms with Crippen molar-refractivity contribution in [2.75, 3.05) is 14.2 Å². The smallest absolute Gasteiger partial charge is 0.356 e. The van der Waals surface area contributed by atoms with Gasteiger partial charge in [-0.3, -0.25) is 0 Å². The first-order chi connectivity index (χ1) is 8.12. The van der Waals surface area contributed by atoms with Crippen molar-refractivity contribution in [1.29, 1.82) is 0 Å². The molecule has 0 N–H and O–H groups in total. The molecule has 0 unspecified atom stereocenters. The highest BCUT2D eigenvalue weighted by atomic mass is 16.5. The van der Waals surface area contributed by atoms with Crippen LogP contribution in [0.3, 0.4) is 0 Å². The molecule has 0 bridgehead atoms. The van der Waals surface area contributed by atoms with Gasteiger partial charge in [0.2, 0.25) is 0 Å². The number of aromatic nitrogens is 1. The minimum Gasteiger partial charge on any atom is -0.464 e. The van der Waals surface area contributed by atoms with Gasteiger partial charge in [0.15, 0.2) is 0 Å². The van der Waals surface area contributed by atoms with Crippen LogP contribution >= 0.6 is 0 Å². The lowest BCUT2D eigenvalue weighted by Crippen LogP contribution is -2.11. The summed E-state index contributed by atoms with van der Waals surface area (Å²) in [5.41, 5.74) is 1.11. The van der Waals surface area contributed by atoms with Crippen molar-refractivity contribution in [3.05, 3.63) is 29.1 Å². The molecule has 0 aliphatic carbocycles. The van der Waals surface area contributed by atoms with Gasteiger partial charge in [-0.25, -0.2) is 14.6 Å². The van der Waals surface area contributed by atoms with Crippen LogP contribution in [0.4, 0.5) is 0 Å². The second-order valence-corrected chi connectivity index (χ2v) is 3.48. The molecule has 0 spiro atoms. The number of carbonyl (C=O) groups excluding carboxylic acids is 2. The van der Waals surface area contributed by atoms with Crippen molar-refractivity contribution in [2.24, 2.45) is 0 Å². The lowest BCUT2D eigenvalue weighted by Gasteiger charge is -2.06. The van der Waals surface area contributed by atoms with E-state index in [0.717, 1.165) is 18.4 Å². The standard InChI is InChI=1S/C12H15NO4/c1-4-5-8-6-9(11(14)16-2)13-10(7-8)12(15)17-3/h6-7H,4-5H2,1-3H3. The minimum atomic E-state index is -0.562. The second kappa shape index (κ2) is 5.98. The predicted octanol–water partition coefficient (Wildman–Crippen LogP) is 1.61. The molecule has 0 amide bonds. The summed E-state index contributed by atoms with van der Waals surface area (Å²) in [5, 5.41) is 0. The second-order valence-electron chi connectivity index (χ2n) is 3.48. The molecule has 0 saturated heterocycles. The lowest BCUT2D eigenvalue weighted by atomic mass is 10.1. The Bertz CT molecular complexity index is 394. The third-order valence-corrected chi connectivity index (χ3v) is 2.21. The zero-order valence-corrected chi connectivity index (χ0v) is 10.1. The van der Waals surface area contributed by atoms with E-state index in [1.807, 2.05) is 6.92 Å². The maximum absolute atomic E-state index is 11.4. The molecule has 5 nitrogen and oxygen atoms in total. The number of hydrogen-bond donors (Lipinski definition) is 0. The quantitative estimate of drug-likeness (QED) is 0.744. The summed E-state index contributed by atoms with van der Waals surface area (Å²) in [5.74, 6) is -1.12. The molecule has 0 aliphatic heterocycles. The van der Waals surface area contributed by atoms with Crippen LogP contribution < -0.4 is 0 Å². The van der Waals surface area contributed by atoms with Crippen LogP contribution in [0.25, 0.3) is 0 Å². The first kappa shape index (κ1) is 13.2. The van der Waals surface area contributed by atoms with Crippen LogP contribution in [0.15, 0.2) is 12.1 Å².